The molecule has 0 aromatic carbocycles. The summed E-state index contributed by atoms with van der Waals surface area (Å²) in [4.78, 5) is 22.0. The van der Waals surface area contributed by atoms with Crippen LogP contribution in [0.5, 0.6) is 0 Å². The van der Waals surface area contributed by atoms with Crippen molar-refractivity contribution >= 4 is 11.8 Å². The maximum absolute atomic E-state index is 11.1. The van der Waals surface area contributed by atoms with E-state index in [1.165, 1.54) is 13.0 Å². The third kappa shape index (κ3) is 1.06. The number of amides is 2. The fraction of sp³-hybridized carbons (Fsp3) is 0.250. The summed E-state index contributed by atoms with van der Waals surface area (Å²) in [7, 11) is 0. The van der Waals surface area contributed by atoms with Crippen molar-refractivity contribution in [2.24, 2.45) is 0 Å². The van der Waals surface area contributed by atoms with Crippen LogP contribution in [0.25, 0.3) is 0 Å². The van der Waals surface area contributed by atoms with E-state index in [0.717, 1.165) is 0 Å². The lowest BCUT2D eigenvalue weighted by molar-refractivity contribution is -0.169. The Hall–Kier alpha value is -1.42. The predicted molar refractivity (Wildman–Crippen MR) is 41.2 cm³/mol. The van der Waals surface area contributed by atoms with Crippen molar-refractivity contribution < 1.29 is 14.8 Å². The molecule has 1 aliphatic heterocycles. The van der Waals surface area contributed by atoms with E-state index in [2.05, 4.69) is 0 Å². The van der Waals surface area contributed by atoms with Gasteiger partial charge in [0.1, 0.15) is 0 Å². The maximum Gasteiger partial charge on any atom is 0.285 e. The van der Waals surface area contributed by atoms with Crippen LogP contribution in [-0.4, -0.2) is 22.1 Å². The van der Waals surface area contributed by atoms with E-state index < -0.39 is 11.8 Å². The number of carbonyl (C=O) groups excluding carboxylic acids is 2. The maximum atomic E-state index is 11.1. The first kappa shape index (κ1) is 8.67. The molecule has 12 heavy (non-hydrogen) atoms. The van der Waals surface area contributed by atoms with Crippen molar-refractivity contribution in [1.29, 1.82) is 0 Å². The van der Waals surface area contributed by atoms with Crippen LogP contribution < -0.4 is 0 Å². The molecule has 0 fully saturated rings. The van der Waals surface area contributed by atoms with Crippen LogP contribution in [0.3, 0.4) is 0 Å². The lowest BCUT2D eigenvalue weighted by Crippen LogP contribution is -2.27. The van der Waals surface area contributed by atoms with Crippen LogP contribution in [0.2, 0.25) is 0 Å². The van der Waals surface area contributed by atoms with Gasteiger partial charge in [-0.25, -0.2) is 0 Å². The third-order valence-electron chi connectivity index (χ3n) is 1.67. The van der Waals surface area contributed by atoms with Gasteiger partial charge in [0.05, 0.1) is 5.57 Å². The molecule has 1 N–H and O–H groups in total. The van der Waals surface area contributed by atoms with E-state index in [4.69, 9.17) is 5.21 Å². The van der Waals surface area contributed by atoms with Gasteiger partial charge >= 0.3 is 0 Å². The fourth-order valence-electron chi connectivity index (χ4n) is 1.00. The van der Waals surface area contributed by atoms with Crippen molar-refractivity contribution in [2.75, 3.05) is 0 Å². The molecule has 0 aliphatic carbocycles. The van der Waals surface area contributed by atoms with Gasteiger partial charge in [0, 0.05) is 5.57 Å². The minimum Gasteiger partial charge on any atom is -0.278 e. The number of hydrogen-bond donors (Lipinski definition) is 1. The quantitative estimate of drug-likeness (QED) is 0.460. The molecule has 0 unspecified atom stereocenters. The number of nitrogens with zero attached hydrogens (tertiary/aromatic N) is 1. The molecule has 0 atom stereocenters. The average molecular weight is 167 g/mol. The predicted octanol–water partition coefficient (Wildman–Crippen LogP) is 0.637. The monoisotopic (exact) mass is 167 g/mol. The van der Waals surface area contributed by atoms with Crippen LogP contribution in [0.15, 0.2) is 23.3 Å². The van der Waals surface area contributed by atoms with Crippen molar-refractivity contribution in [2.45, 2.75) is 13.8 Å². The van der Waals surface area contributed by atoms with Gasteiger partial charge in [-0.15, -0.1) is 5.06 Å². The summed E-state index contributed by atoms with van der Waals surface area (Å²) in [6.07, 6.45) is 3.15. The fourth-order valence-corrected chi connectivity index (χ4v) is 1.00. The molecule has 64 valence electrons. The molecule has 0 radical (unpaired) electrons. The highest BCUT2D eigenvalue weighted by Crippen LogP contribution is 2.19. The summed E-state index contributed by atoms with van der Waals surface area (Å²) in [5, 5.41) is 9.02. The summed E-state index contributed by atoms with van der Waals surface area (Å²) < 4.78 is 0. The largest absolute Gasteiger partial charge is 0.285 e. The highest BCUT2D eigenvalue weighted by Gasteiger charge is 2.33. The van der Waals surface area contributed by atoms with E-state index in [-0.39, 0.29) is 16.2 Å². The Morgan fingerprint density at radius 2 is 1.92 bits per heavy atom. The highest BCUT2D eigenvalue weighted by atomic mass is 16.5. The van der Waals surface area contributed by atoms with Crippen molar-refractivity contribution in [1.82, 2.24) is 5.06 Å². The summed E-state index contributed by atoms with van der Waals surface area (Å²) in [5.74, 6) is -1.30. The van der Waals surface area contributed by atoms with Crippen LogP contribution in [0, 0.1) is 0 Å². The Kier molecular flexibility index (Phi) is 2.10. The Balaban J connectivity index is 3.13. The minimum absolute atomic E-state index is 0.130. The molecular formula is C8H9NO3. The number of hydrogen-bond acceptors (Lipinski definition) is 3. The lowest BCUT2D eigenvalue weighted by atomic mass is 10.1. The van der Waals surface area contributed by atoms with Gasteiger partial charge in [-0.2, -0.15) is 0 Å². The van der Waals surface area contributed by atoms with Gasteiger partial charge in [-0.05, 0) is 13.8 Å². The molecule has 4 heteroatoms. The molecule has 0 aromatic rings. The zero-order valence-corrected chi connectivity index (χ0v) is 6.87. The number of rotatable bonds is 1. The molecule has 0 saturated carbocycles. The number of carbonyl (C=O) groups is 2. The SMILES string of the molecule is CC=CC1=C(C)C(=O)N(O)C1=O. The molecule has 0 spiro atoms. The van der Waals surface area contributed by atoms with Gasteiger partial charge in [-0.1, -0.05) is 12.2 Å². The minimum atomic E-state index is -0.657. The van der Waals surface area contributed by atoms with Crippen LogP contribution in [-0.2, 0) is 9.59 Å². The molecule has 0 bridgehead atoms. The molecule has 0 saturated heterocycles. The molecule has 1 aliphatic rings. The summed E-state index contributed by atoms with van der Waals surface area (Å²) in [6.45, 7) is 3.24. The first-order valence-corrected chi connectivity index (χ1v) is 3.50. The topological polar surface area (TPSA) is 57.6 Å². The molecular weight excluding hydrogens is 158 g/mol. The smallest absolute Gasteiger partial charge is 0.278 e. The second-order valence-electron chi connectivity index (χ2n) is 2.46. The molecule has 1 rings (SSSR count). The number of allylic oxidation sites excluding steroid dienone is 1. The molecule has 1 heterocycles. The van der Waals surface area contributed by atoms with Crippen molar-refractivity contribution in [3.05, 3.63) is 23.3 Å². The van der Waals surface area contributed by atoms with E-state index >= 15 is 0 Å². The van der Waals surface area contributed by atoms with E-state index in [1.807, 2.05) is 0 Å². The van der Waals surface area contributed by atoms with Crippen molar-refractivity contribution in [3.63, 3.8) is 0 Å². The van der Waals surface area contributed by atoms with Gasteiger partial charge in [0.25, 0.3) is 11.8 Å². The zero-order valence-electron chi connectivity index (χ0n) is 6.87. The van der Waals surface area contributed by atoms with Gasteiger partial charge in [-0.3, -0.25) is 14.8 Å². The summed E-state index contributed by atoms with van der Waals surface area (Å²) >= 11 is 0. The number of hydroxylamine groups is 2. The average Bonchev–Trinajstić information content (AvgIpc) is 2.23. The standard InChI is InChI=1S/C8H9NO3/c1-3-4-6-5(2)7(10)9(12)8(6)11/h3-4,12H,1-2H3. The first-order chi connectivity index (χ1) is 5.59. The Morgan fingerprint density at radius 1 is 1.33 bits per heavy atom. The lowest BCUT2D eigenvalue weighted by Gasteiger charge is -2.01. The van der Waals surface area contributed by atoms with Crippen LogP contribution in [0.1, 0.15) is 13.8 Å². The van der Waals surface area contributed by atoms with Gasteiger partial charge in [0.2, 0.25) is 0 Å². The van der Waals surface area contributed by atoms with Gasteiger partial charge < -0.3 is 0 Å². The van der Waals surface area contributed by atoms with Crippen molar-refractivity contribution in [3.8, 4) is 0 Å². The van der Waals surface area contributed by atoms with Crippen LogP contribution in [0.4, 0.5) is 0 Å². The van der Waals surface area contributed by atoms with Gasteiger partial charge in [0.15, 0.2) is 0 Å². The zero-order chi connectivity index (χ0) is 9.30. The molecule has 2 amide bonds. The van der Waals surface area contributed by atoms with E-state index in [1.54, 1.807) is 13.0 Å². The highest BCUT2D eigenvalue weighted by molar-refractivity contribution is 6.19. The first-order valence-electron chi connectivity index (χ1n) is 3.50. The number of imide groups is 1. The normalized spacial score (nSPS) is 18.8. The van der Waals surface area contributed by atoms with E-state index in [9.17, 15) is 9.59 Å². The van der Waals surface area contributed by atoms with Crippen LogP contribution >= 0.6 is 0 Å². The summed E-state index contributed by atoms with van der Waals surface area (Å²) in [5.41, 5.74) is 0.533. The third-order valence-corrected chi connectivity index (χ3v) is 1.67. The Bertz CT molecular complexity index is 301. The van der Waals surface area contributed by atoms with E-state index in [0.29, 0.717) is 0 Å². The molecule has 0 aromatic heterocycles. The summed E-state index contributed by atoms with van der Waals surface area (Å²) in [6, 6.07) is 0. The second kappa shape index (κ2) is 2.91. The Morgan fingerprint density at radius 3 is 2.25 bits per heavy atom. The molecule has 4 nitrogen and oxygen atoms in total. The second-order valence-corrected chi connectivity index (χ2v) is 2.46. The Labute approximate surface area is 69.7 Å².